The maximum atomic E-state index is 12.4. The summed E-state index contributed by atoms with van der Waals surface area (Å²) in [5.74, 6) is -1.91. The van der Waals surface area contributed by atoms with Crippen LogP contribution in [0.3, 0.4) is 0 Å². The van der Waals surface area contributed by atoms with Crippen molar-refractivity contribution < 1.29 is 35.3 Å². The fourth-order valence-electron chi connectivity index (χ4n) is 1.49. The Morgan fingerprint density at radius 3 is 2.62 bits per heavy atom. The Morgan fingerprint density at radius 2 is 2.05 bits per heavy atom. The Balaban J connectivity index is 2.64. The number of esters is 1. The van der Waals surface area contributed by atoms with E-state index >= 15 is 0 Å². The Labute approximate surface area is 115 Å². The van der Waals surface area contributed by atoms with E-state index in [0.717, 1.165) is 7.11 Å². The normalized spacial score (nSPS) is 12.4. The zero-order valence-corrected chi connectivity index (χ0v) is 11.1. The van der Waals surface area contributed by atoms with E-state index in [0.29, 0.717) is 0 Å². The Bertz CT molecular complexity index is 797. The number of hydrogen-bond donors (Lipinski definition) is 1. The number of alkyl halides is 3. The fraction of sp³-hybridized carbons (Fsp3) is 0.200. The first-order valence-corrected chi connectivity index (χ1v) is 6.64. The summed E-state index contributed by atoms with van der Waals surface area (Å²) in [6, 6.07) is 2.58. The van der Waals surface area contributed by atoms with Crippen molar-refractivity contribution in [2.24, 2.45) is 0 Å². The molecular weight excluding hydrogens is 317 g/mol. The molecule has 1 N–H and O–H groups in total. The molecule has 2 rings (SSSR count). The molecule has 0 saturated heterocycles. The number of carbonyl (C=O) groups excluding carboxylic acids is 1. The van der Waals surface area contributed by atoms with Crippen LogP contribution in [0.15, 0.2) is 18.3 Å². The summed E-state index contributed by atoms with van der Waals surface area (Å²) in [6.45, 7) is 0. The predicted molar refractivity (Wildman–Crippen MR) is 63.0 cm³/mol. The number of H-pyrrole nitrogens is 1. The zero-order chi connectivity index (χ0) is 15.8. The van der Waals surface area contributed by atoms with Gasteiger partial charge in [-0.1, -0.05) is 0 Å². The molecule has 11 heteroatoms. The van der Waals surface area contributed by atoms with Gasteiger partial charge in [-0.2, -0.15) is 21.6 Å². The van der Waals surface area contributed by atoms with Crippen LogP contribution in [0.25, 0.3) is 11.0 Å². The van der Waals surface area contributed by atoms with Gasteiger partial charge in [0.05, 0.1) is 12.5 Å². The van der Waals surface area contributed by atoms with Crippen molar-refractivity contribution >= 4 is 27.1 Å². The number of halogens is 3. The first-order chi connectivity index (χ1) is 9.67. The second-order valence-electron chi connectivity index (χ2n) is 3.70. The van der Waals surface area contributed by atoms with Crippen LogP contribution >= 0.6 is 0 Å². The van der Waals surface area contributed by atoms with Crippen LogP contribution in [0.4, 0.5) is 13.2 Å². The zero-order valence-electron chi connectivity index (χ0n) is 10.3. The van der Waals surface area contributed by atoms with E-state index in [9.17, 15) is 26.4 Å². The van der Waals surface area contributed by atoms with Gasteiger partial charge in [-0.3, -0.25) is 0 Å². The summed E-state index contributed by atoms with van der Waals surface area (Å²) >= 11 is 0. The molecule has 0 unspecified atom stereocenters. The summed E-state index contributed by atoms with van der Waals surface area (Å²) < 4.78 is 67.7. The van der Waals surface area contributed by atoms with Gasteiger partial charge in [0.1, 0.15) is 5.65 Å². The molecule has 2 heterocycles. The van der Waals surface area contributed by atoms with E-state index in [4.69, 9.17) is 0 Å². The van der Waals surface area contributed by atoms with Gasteiger partial charge in [0.25, 0.3) is 0 Å². The number of hydrogen-bond acceptors (Lipinski definition) is 6. The number of rotatable bonds is 3. The van der Waals surface area contributed by atoms with E-state index in [2.05, 4.69) is 18.9 Å². The summed E-state index contributed by atoms with van der Waals surface area (Å²) in [5.41, 5.74) is -6.24. The number of methoxy groups -OCH3 is 1. The van der Waals surface area contributed by atoms with Gasteiger partial charge in [-0.25, -0.2) is 9.78 Å². The van der Waals surface area contributed by atoms with Crippen molar-refractivity contribution in [3.05, 3.63) is 24.0 Å². The van der Waals surface area contributed by atoms with Crippen LogP contribution in [0.2, 0.25) is 0 Å². The van der Waals surface area contributed by atoms with Gasteiger partial charge in [-0.05, 0) is 12.1 Å². The number of aromatic amines is 1. The number of carbonyl (C=O) groups is 1. The van der Waals surface area contributed by atoms with E-state index < -0.39 is 33.0 Å². The molecule has 21 heavy (non-hydrogen) atoms. The number of nitrogens with zero attached hydrogens (tertiary/aromatic N) is 1. The molecule has 7 nitrogen and oxygen atoms in total. The third kappa shape index (κ3) is 2.63. The summed E-state index contributed by atoms with van der Waals surface area (Å²) in [5, 5.41) is -0.106. The van der Waals surface area contributed by atoms with Crippen molar-refractivity contribution in [2.75, 3.05) is 7.11 Å². The molecule has 0 aromatic carbocycles. The molecule has 0 spiro atoms. The van der Waals surface area contributed by atoms with E-state index in [-0.39, 0.29) is 11.0 Å². The molecule has 0 aliphatic heterocycles. The maximum Gasteiger partial charge on any atom is 0.534 e. The van der Waals surface area contributed by atoms with Gasteiger partial charge < -0.3 is 13.9 Å². The highest BCUT2D eigenvalue weighted by molar-refractivity contribution is 7.88. The van der Waals surface area contributed by atoms with Crippen LogP contribution < -0.4 is 4.18 Å². The lowest BCUT2D eigenvalue weighted by atomic mass is 10.3. The molecule has 0 aliphatic carbocycles. The second-order valence-corrected chi connectivity index (χ2v) is 5.24. The van der Waals surface area contributed by atoms with Crippen molar-refractivity contribution in [1.82, 2.24) is 9.97 Å². The molecule has 0 saturated carbocycles. The lowest BCUT2D eigenvalue weighted by molar-refractivity contribution is -0.0500. The molecule has 0 aliphatic rings. The van der Waals surface area contributed by atoms with Gasteiger partial charge in [-0.15, -0.1) is 0 Å². The monoisotopic (exact) mass is 324 g/mol. The molecule has 0 atom stereocenters. The Morgan fingerprint density at radius 1 is 1.38 bits per heavy atom. The number of nitrogens with one attached hydrogen (secondary N) is 1. The molecule has 0 bridgehead atoms. The predicted octanol–water partition coefficient (Wildman–Crippen LogP) is 1.58. The van der Waals surface area contributed by atoms with Crippen LogP contribution in [-0.2, 0) is 14.9 Å². The highest BCUT2D eigenvalue weighted by Gasteiger charge is 2.49. The molecule has 0 amide bonds. The van der Waals surface area contributed by atoms with Gasteiger partial charge >= 0.3 is 21.6 Å². The van der Waals surface area contributed by atoms with Crippen LogP contribution in [0, 0.1) is 0 Å². The van der Waals surface area contributed by atoms with Gasteiger partial charge in [0.2, 0.25) is 0 Å². The van der Waals surface area contributed by atoms with Crippen molar-refractivity contribution in [1.29, 1.82) is 0 Å². The minimum Gasteiger partial charge on any atom is -0.464 e. The largest absolute Gasteiger partial charge is 0.534 e. The van der Waals surface area contributed by atoms with Crippen LogP contribution in [0.5, 0.6) is 5.75 Å². The van der Waals surface area contributed by atoms with E-state index in [1.807, 2.05) is 0 Å². The van der Waals surface area contributed by atoms with Gasteiger partial charge in [0.15, 0.2) is 11.4 Å². The smallest absolute Gasteiger partial charge is 0.464 e. The summed E-state index contributed by atoms with van der Waals surface area (Å²) in [7, 11) is -4.96. The molecule has 0 radical (unpaired) electrons. The van der Waals surface area contributed by atoms with Crippen molar-refractivity contribution in [3.8, 4) is 5.75 Å². The number of aromatic nitrogens is 2. The quantitative estimate of drug-likeness (QED) is 0.523. The minimum atomic E-state index is -5.93. The standard InChI is InChI=1S/C10H7F3N2O5S/c1-19-9(16)6-7(20-21(17,18)10(11,12)13)5-3-2-4-14-8(5)15-6/h2-4H,1H3,(H,14,15). The Hall–Kier alpha value is -2.30. The van der Waals surface area contributed by atoms with E-state index in [1.54, 1.807) is 0 Å². The molecule has 114 valence electrons. The summed E-state index contributed by atoms with van der Waals surface area (Å²) in [4.78, 5) is 17.6. The summed E-state index contributed by atoms with van der Waals surface area (Å²) in [6.07, 6.45) is 1.29. The van der Waals surface area contributed by atoms with Crippen LogP contribution in [-0.4, -0.2) is 37.0 Å². The SMILES string of the molecule is COC(=O)c1[nH]c2ncccc2c1OS(=O)(=O)C(F)(F)F. The fourth-order valence-corrected chi connectivity index (χ4v) is 1.97. The minimum absolute atomic E-state index is 0.0229. The molecule has 2 aromatic rings. The number of ether oxygens (including phenoxy) is 1. The third-order valence-corrected chi connectivity index (χ3v) is 3.34. The topological polar surface area (TPSA) is 98.3 Å². The van der Waals surface area contributed by atoms with Gasteiger partial charge in [0, 0.05) is 6.20 Å². The first-order valence-electron chi connectivity index (χ1n) is 5.23. The van der Waals surface area contributed by atoms with E-state index in [1.165, 1.54) is 18.3 Å². The lowest BCUT2D eigenvalue weighted by Crippen LogP contribution is -2.28. The molecule has 0 fully saturated rings. The number of fused-ring (bicyclic) bond motifs is 1. The van der Waals surface area contributed by atoms with Crippen molar-refractivity contribution in [3.63, 3.8) is 0 Å². The average molecular weight is 324 g/mol. The molecule has 2 aromatic heterocycles. The maximum absolute atomic E-state index is 12.4. The second kappa shape index (κ2) is 4.91. The van der Waals surface area contributed by atoms with Crippen molar-refractivity contribution in [2.45, 2.75) is 5.51 Å². The number of pyridine rings is 1. The first kappa shape index (κ1) is 15.1. The van der Waals surface area contributed by atoms with Crippen LogP contribution in [0.1, 0.15) is 10.5 Å². The highest BCUT2D eigenvalue weighted by atomic mass is 32.2. The molecular formula is C10H7F3N2O5S. The highest BCUT2D eigenvalue weighted by Crippen LogP contribution is 2.34. The third-order valence-electron chi connectivity index (χ3n) is 2.39. The lowest BCUT2D eigenvalue weighted by Gasteiger charge is -2.09. The average Bonchev–Trinajstić information content (AvgIpc) is 2.75. The Kier molecular flexibility index (Phi) is 3.53.